The van der Waals surface area contributed by atoms with Gasteiger partial charge in [-0.25, -0.2) is 0 Å². The van der Waals surface area contributed by atoms with Gasteiger partial charge >= 0.3 is 0 Å². The van der Waals surface area contributed by atoms with Crippen LogP contribution in [0.3, 0.4) is 0 Å². The summed E-state index contributed by atoms with van der Waals surface area (Å²) in [6.07, 6.45) is -0.107. The number of nitriles is 1. The lowest BCUT2D eigenvalue weighted by Gasteiger charge is -2.33. The Morgan fingerprint density at radius 3 is 2.81 bits per heavy atom. The summed E-state index contributed by atoms with van der Waals surface area (Å²) < 4.78 is 5.38. The second kappa shape index (κ2) is 4.97. The molecule has 0 bridgehead atoms. The first kappa shape index (κ1) is 10.9. The van der Waals surface area contributed by atoms with Crippen LogP contribution in [0.4, 0.5) is 5.69 Å². The van der Waals surface area contributed by atoms with Crippen LogP contribution in [0, 0.1) is 11.3 Å². The van der Waals surface area contributed by atoms with Gasteiger partial charge in [0.25, 0.3) is 0 Å². The van der Waals surface area contributed by atoms with Crippen LogP contribution in [-0.4, -0.2) is 37.5 Å². The number of nitrogens with zero attached hydrogens (tertiary/aromatic N) is 2. The maximum Gasteiger partial charge on any atom is 0.0991 e. The first-order chi connectivity index (χ1) is 7.83. The Hall–Kier alpha value is -1.57. The molecule has 1 atom stereocenters. The van der Waals surface area contributed by atoms with Gasteiger partial charge in [0.2, 0.25) is 0 Å². The first-order valence-electron chi connectivity index (χ1n) is 5.31. The number of aliphatic hydroxyl groups excluding tert-OH is 1. The largest absolute Gasteiger partial charge is 0.394 e. The molecule has 1 unspecified atom stereocenters. The second-order valence-corrected chi connectivity index (χ2v) is 3.78. The van der Waals surface area contributed by atoms with Gasteiger partial charge in [-0.05, 0) is 24.3 Å². The SMILES string of the molecule is N#Cc1ccc(N2CCOC(CO)C2)cc1. The van der Waals surface area contributed by atoms with Crippen molar-refractivity contribution >= 4 is 5.69 Å². The highest BCUT2D eigenvalue weighted by Gasteiger charge is 2.19. The summed E-state index contributed by atoms with van der Waals surface area (Å²) in [6, 6.07) is 9.56. The zero-order chi connectivity index (χ0) is 11.4. The van der Waals surface area contributed by atoms with Crippen LogP contribution in [0.15, 0.2) is 24.3 Å². The highest BCUT2D eigenvalue weighted by molar-refractivity contribution is 5.50. The van der Waals surface area contributed by atoms with Crippen molar-refractivity contribution in [1.82, 2.24) is 0 Å². The summed E-state index contributed by atoms with van der Waals surface area (Å²) in [5.74, 6) is 0. The summed E-state index contributed by atoms with van der Waals surface area (Å²) in [7, 11) is 0. The Labute approximate surface area is 94.7 Å². The number of ether oxygens (including phenoxy) is 1. The maximum atomic E-state index is 9.04. The van der Waals surface area contributed by atoms with E-state index in [4.69, 9.17) is 15.1 Å². The fourth-order valence-electron chi connectivity index (χ4n) is 1.81. The lowest BCUT2D eigenvalue weighted by molar-refractivity contribution is 0.00357. The van der Waals surface area contributed by atoms with Gasteiger partial charge in [-0.15, -0.1) is 0 Å². The number of rotatable bonds is 2. The van der Waals surface area contributed by atoms with Crippen molar-refractivity contribution in [2.24, 2.45) is 0 Å². The van der Waals surface area contributed by atoms with E-state index in [2.05, 4.69) is 11.0 Å². The van der Waals surface area contributed by atoms with Crippen LogP contribution in [-0.2, 0) is 4.74 Å². The zero-order valence-electron chi connectivity index (χ0n) is 8.97. The molecule has 1 aromatic rings. The Morgan fingerprint density at radius 2 is 2.19 bits per heavy atom. The van der Waals surface area contributed by atoms with Crippen LogP contribution in [0.1, 0.15) is 5.56 Å². The van der Waals surface area contributed by atoms with E-state index < -0.39 is 0 Å². The topological polar surface area (TPSA) is 56.5 Å². The molecule has 0 aromatic heterocycles. The number of aliphatic hydroxyl groups is 1. The average Bonchev–Trinajstić information content (AvgIpc) is 2.39. The minimum atomic E-state index is -0.107. The second-order valence-electron chi connectivity index (χ2n) is 3.78. The van der Waals surface area contributed by atoms with Gasteiger partial charge in [0, 0.05) is 18.8 Å². The molecule has 0 radical (unpaired) electrons. The predicted molar refractivity (Wildman–Crippen MR) is 60.2 cm³/mol. The fourth-order valence-corrected chi connectivity index (χ4v) is 1.81. The number of hydrogen-bond donors (Lipinski definition) is 1. The van der Waals surface area contributed by atoms with Crippen LogP contribution in [0.25, 0.3) is 0 Å². The smallest absolute Gasteiger partial charge is 0.0991 e. The highest BCUT2D eigenvalue weighted by atomic mass is 16.5. The van der Waals surface area contributed by atoms with Gasteiger partial charge < -0.3 is 14.7 Å². The molecule has 1 heterocycles. The van der Waals surface area contributed by atoms with Crippen LogP contribution >= 0.6 is 0 Å². The van der Waals surface area contributed by atoms with Gasteiger partial charge in [0.1, 0.15) is 0 Å². The minimum Gasteiger partial charge on any atom is -0.394 e. The van der Waals surface area contributed by atoms with E-state index in [1.54, 1.807) is 12.1 Å². The Balaban J connectivity index is 2.08. The zero-order valence-corrected chi connectivity index (χ0v) is 8.97. The molecular weight excluding hydrogens is 204 g/mol. The number of anilines is 1. The van der Waals surface area contributed by atoms with Gasteiger partial charge in [-0.2, -0.15) is 5.26 Å². The monoisotopic (exact) mass is 218 g/mol. The number of benzene rings is 1. The van der Waals surface area contributed by atoms with Gasteiger partial charge in [0.05, 0.1) is 31.0 Å². The van der Waals surface area contributed by atoms with E-state index in [9.17, 15) is 0 Å². The van der Waals surface area contributed by atoms with Crippen molar-refractivity contribution in [3.63, 3.8) is 0 Å². The molecule has 2 rings (SSSR count). The Morgan fingerprint density at radius 1 is 1.44 bits per heavy atom. The third kappa shape index (κ3) is 2.32. The van der Waals surface area contributed by atoms with Crippen LogP contribution in [0.2, 0.25) is 0 Å². The number of hydrogen-bond acceptors (Lipinski definition) is 4. The molecular formula is C12H14N2O2. The van der Waals surface area contributed by atoms with Crippen molar-refractivity contribution in [2.45, 2.75) is 6.10 Å². The fraction of sp³-hybridized carbons (Fsp3) is 0.417. The molecule has 0 spiro atoms. The van der Waals surface area contributed by atoms with Crippen LogP contribution < -0.4 is 4.90 Å². The van der Waals surface area contributed by atoms with E-state index in [0.717, 1.165) is 12.2 Å². The van der Waals surface area contributed by atoms with E-state index in [1.165, 1.54) is 0 Å². The van der Waals surface area contributed by atoms with Gasteiger partial charge in [0.15, 0.2) is 0 Å². The molecule has 1 saturated heterocycles. The molecule has 16 heavy (non-hydrogen) atoms. The third-order valence-electron chi connectivity index (χ3n) is 2.70. The van der Waals surface area contributed by atoms with E-state index in [1.807, 2.05) is 12.1 Å². The van der Waals surface area contributed by atoms with Gasteiger partial charge in [-0.3, -0.25) is 0 Å². The van der Waals surface area contributed by atoms with E-state index >= 15 is 0 Å². The molecule has 1 aliphatic heterocycles. The summed E-state index contributed by atoms with van der Waals surface area (Å²) in [5, 5.41) is 17.7. The number of morpholine rings is 1. The average molecular weight is 218 g/mol. The quantitative estimate of drug-likeness (QED) is 0.796. The molecule has 1 aromatic carbocycles. The molecule has 0 saturated carbocycles. The highest BCUT2D eigenvalue weighted by Crippen LogP contribution is 2.18. The lowest BCUT2D eigenvalue weighted by Crippen LogP contribution is -2.44. The summed E-state index contributed by atoms with van der Waals surface area (Å²) in [5.41, 5.74) is 1.73. The molecule has 4 heteroatoms. The molecule has 1 fully saturated rings. The van der Waals surface area contributed by atoms with E-state index in [0.29, 0.717) is 18.7 Å². The third-order valence-corrected chi connectivity index (χ3v) is 2.70. The molecule has 0 aliphatic carbocycles. The van der Waals surface area contributed by atoms with Crippen molar-refractivity contribution < 1.29 is 9.84 Å². The predicted octanol–water partition coefficient (Wildman–Crippen LogP) is 0.756. The Bertz CT molecular complexity index is 383. The Kier molecular flexibility index (Phi) is 3.40. The molecule has 1 aliphatic rings. The maximum absolute atomic E-state index is 9.04. The summed E-state index contributed by atoms with van der Waals surface area (Å²) in [6.45, 7) is 2.20. The summed E-state index contributed by atoms with van der Waals surface area (Å²) >= 11 is 0. The van der Waals surface area contributed by atoms with E-state index in [-0.39, 0.29) is 12.7 Å². The van der Waals surface area contributed by atoms with Crippen LogP contribution in [0.5, 0.6) is 0 Å². The molecule has 1 N–H and O–H groups in total. The lowest BCUT2D eigenvalue weighted by atomic mass is 10.2. The molecule has 84 valence electrons. The first-order valence-corrected chi connectivity index (χ1v) is 5.31. The minimum absolute atomic E-state index is 0.0484. The van der Waals surface area contributed by atoms with Crippen molar-refractivity contribution in [2.75, 3.05) is 31.2 Å². The van der Waals surface area contributed by atoms with Gasteiger partial charge in [-0.1, -0.05) is 0 Å². The van der Waals surface area contributed by atoms with Crippen molar-refractivity contribution in [3.05, 3.63) is 29.8 Å². The summed E-state index contributed by atoms with van der Waals surface area (Å²) in [4.78, 5) is 2.16. The van der Waals surface area contributed by atoms with Crippen molar-refractivity contribution in [1.29, 1.82) is 5.26 Å². The molecule has 4 nitrogen and oxygen atoms in total. The normalized spacial score (nSPS) is 20.5. The van der Waals surface area contributed by atoms with Crippen molar-refractivity contribution in [3.8, 4) is 6.07 Å². The standard InChI is InChI=1S/C12H14N2O2/c13-7-10-1-3-11(4-2-10)14-5-6-16-12(8-14)9-15/h1-4,12,15H,5-6,8-9H2. The molecule has 0 amide bonds.